The zero-order chi connectivity index (χ0) is 11.8. The van der Waals surface area contributed by atoms with E-state index in [2.05, 4.69) is 10.6 Å². The molecule has 1 heterocycles. The summed E-state index contributed by atoms with van der Waals surface area (Å²) < 4.78 is 0. The van der Waals surface area contributed by atoms with E-state index in [9.17, 15) is 9.90 Å². The highest BCUT2D eigenvalue weighted by molar-refractivity contribution is 5.82. The largest absolute Gasteiger partial charge is 0.389 e. The Morgan fingerprint density at radius 2 is 2.25 bits per heavy atom. The Balaban J connectivity index is 1.86. The van der Waals surface area contributed by atoms with Crippen LogP contribution in [0.15, 0.2) is 0 Å². The molecule has 92 valence electrons. The smallest absolute Gasteiger partial charge is 0.237 e. The summed E-state index contributed by atoms with van der Waals surface area (Å²) in [6.45, 7) is 4.70. The van der Waals surface area contributed by atoms with Gasteiger partial charge in [0.2, 0.25) is 5.91 Å². The van der Waals surface area contributed by atoms with Gasteiger partial charge in [0.25, 0.3) is 0 Å². The average Bonchev–Trinajstić information content (AvgIpc) is 2.73. The molecule has 4 nitrogen and oxygen atoms in total. The summed E-state index contributed by atoms with van der Waals surface area (Å²) in [5.41, 5.74) is -0.830. The van der Waals surface area contributed by atoms with Crippen molar-refractivity contribution >= 4 is 5.91 Å². The maximum Gasteiger partial charge on any atom is 0.237 e. The van der Waals surface area contributed by atoms with Gasteiger partial charge in [0, 0.05) is 6.54 Å². The standard InChI is InChI=1S/C12H22N2O2/c1-12(2,16)7-14-11(15)10-9-5-3-4-8(9)6-13-10/h8-10,13,16H,3-7H2,1-2H3,(H,14,15). The van der Waals surface area contributed by atoms with Crippen LogP contribution < -0.4 is 10.6 Å². The molecular formula is C12H22N2O2. The van der Waals surface area contributed by atoms with E-state index in [-0.39, 0.29) is 11.9 Å². The van der Waals surface area contributed by atoms with Gasteiger partial charge in [0.1, 0.15) is 0 Å². The lowest BCUT2D eigenvalue weighted by atomic mass is 9.93. The summed E-state index contributed by atoms with van der Waals surface area (Å²) in [5.74, 6) is 1.26. The molecule has 1 saturated heterocycles. The number of hydrogen-bond acceptors (Lipinski definition) is 3. The van der Waals surface area contributed by atoms with Crippen LogP contribution in [0.3, 0.4) is 0 Å². The second-order valence-corrected chi connectivity index (χ2v) is 5.77. The number of hydrogen-bond donors (Lipinski definition) is 3. The molecule has 0 radical (unpaired) electrons. The Morgan fingerprint density at radius 1 is 1.50 bits per heavy atom. The normalized spacial score (nSPS) is 33.8. The summed E-state index contributed by atoms with van der Waals surface area (Å²) in [5, 5.41) is 15.7. The zero-order valence-corrected chi connectivity index (χ0v) is 10.1. The summed E-state index contributed by atoms with van der Waals surface area (Å²) in [7, 11) is 0. The first-order valence-electron chi connectivity index (χ1n) is 6.21. The second-order valence-electron chi connectivity index (χ2n) is 5.77. The highest BCUT2D eigenvalue weighted by Gasteiger charge is 2.42. The Kier molecular flexibility index (Phi) is 3.22. The van der Waals surface area contributed by atoms with Crippen molar-refractivity contribution in [1.29, 1.82) is 0 Å². The molecule has 3 unspecified atom stereocenters. The first-order chi connectivity index (χ1) is 7.47. The van der Waals surface area contributed by atoms with Crippen LogP contribution in [0.5, 0.6) is 0 Å². The third-order valence-corrected chi connectivity index (χ3v) is 3.72. The van der Waals surface area contributed by atoms with Crippen molar-refractivity contribution in [3.05, 3.63) is 0 Å². The number of aliphatic hydroxyl groups is 1. The van der Waals surface area contributed by atoms with Gasteiger partial charge in [-0.3, -0.25) is 4.79 Å². The summed E-state index contributed by atoms with van der Waals surface area (Å²) in [6, 6.07) is -0.0325. The molecule has 1 amide bonds. The molecule has 0 spiro atoms. The van der Waals surface area contributed by atoms with Crippen molar-refractivity contribution in [2.24, 2.45) is 11.8 Å². The minimum atomic E-state index is -0.830. The molecule has 0 aromatic heterocycles. The van der Waals surface area contributed by atoms with E-state index < -0.39 is 5.60 Å². The molecule has 0 aromatic rings. The van der Waals surface area contributed by atoms with Crippen molar-refractivity contribution in [3.8, 4) is 0 Å². The summed E-state index contributed by atoms with van der Waals surface area (Å²) in [6.07, 6.45) is 3.68. The van der Waals surface area contributed by atoms with Crippen molar-refractivity contribution in [2.75, 3.05) is 13.1 Å². The molecular weight excluding hydrogens is 204 g/mol. The molecule has 4 heteroatoms. The number of nitrogens with one attached hydrogen (secondary N) is 2. The molecule has 3 atom stereocenters. The Labute approximate surface area is 96.8 Å². The van der Waals surface area contributed by atoms with Gasteiger partial charge < -0.3 is 15.7 Å². The minimum Gasteiger partial charge on any atom is -0.389 e. The zero-order valence-electron chi connectivity index (χ0n) is 10.1. The van der Waals surface area contributed by atoms with Gasteiger partial charge in [0.15, 0.2) is 0 Å². The Hall–Kier alpha value is -0.610. The van der Waals surface area contributed by atoms with Crippen LogP contribution in [0.4, 0.5) is 0 Å². The van der Waals surface area contributed by atoms with Gasteiger partial charge in [-0.05, 0) is 45.1 Å². The molecule has 0 bridgehead atoms. The fraction of sp³-hybridized carbons (Fsp3) is 0.917. The lowest BCUT2D eigenvalue weighted by Crippen LogP contribution is -2.48. The molecule has 16 heavy (non-hydrogen) atoms. The number of rotatable bonds is 3. The first kappa shape index (κ1) is 11.9. The van der Waals surface area contributed by atoms with Crippen LogP contribution in [0, 0.1) is 11.8 Å². The third-order valence-electron chi connectivity index (χ3n) is 3.72. The van der Waals surface area contributed by atoms with E-state index in [0.717, 1.165) is 13.0 Å². The molecule has 2 aliphatic rings. The van der Waals surface area contributed by atoms with Crippen LogP contribution in [0.25, 0.3) is 0 Å². The molecule has 1 saturated carbocycles. The Morgan fingerprint density at radius 3 is 2.94 bits per heavy atom. The quantitative estimate of drug-likeness (QED) is 0.647. The van der Waals surface area contributed by atoms with Crippen LogP contribution in [0.1, 0.15) is 33.1 Å². The maximum absolute atomic E-state index is 11.9. The van der Waals surface area contributed by atoms with Gasteiger partial charge in [-0.15, -0.1) is 0 Å². The molecule has 2 fully saturated rings. The predicted octanol–water partition coefficient (Wildman–Crippen LogP) is 0.262. The minimum absolute atomic E-state index is 0.0325. The number of carbonyl (C=O) groups excluding carboxylic acids is 1. The number of amides is 1. The first-order valence-corrected chi connectivity index (χ1v) is 6.21. The fourth-order valence-electron chi connectivity index (χ4n) is 2.89. The number of carbonyl (C=O) groups is 1. The van der Waals surface area contributed by atoms with Gasteiger partial charge in [-0.2, -0.15) is 0 Å². The fourth-order valence-corrected chi connectivity index (χ4v) is 2.89. The van der Waals surface area contributed by atoms with E-state index in [1.165, 1.54) is 12.8 Å². The lowest BCUT2D eigenvalue weighted by Gasteiger charge is -2.22. The third kappa shape index (κ3) is 2.55. The van der Waals surface area contributed by atoms with Gasteiger partial charge in [-0.1, -0.05) is 6.42 Å². The second kappa shape index (κ2) is 4.34. The van der Waals surface area contributed by atoms with Gasteiger partial charge >= 0.3 is 0 Å². The SMILES string of the molecule is CC(C)(O)CNC(=O)C1NCC2CCCC21. The maximum atomic E-state index is 11.9. The lowest BCUT2D eigenvalue weighted by molar-refractivity contribution is -0.124. The van der Waals surface area contributed by atoms with Crippen LogP contribution in [-0.4, -0.2) is 35.7 Å². The molecule has 2 rings (SSSR count). The Bertz CT molecular complexity index is 273. The van der Waals surface area contributed by atoms with Crippen LogP contribution in [-0.2, 0) is 4.79 Å². The molecule has 1 aliphatic heterocycles. The summed E-state index contributed by atoms with van der Waals surface area (Å²) >= 11 is 0. The van der Waals surface area contributed by atoms with Crippen molar-refractivity contribution in [2.45, 2.75) is 44.8 Å². The monoisotopic (exact) mass is 226 g/mol. The average molecular weight is 226 g/mol. The van der Waals surface area contributed by atoms with E-state index >= 15 is 0 Å². The summed E-state index contributed by atoms with van der Waals surface area (Å²) in [4.78, 5) is 11.9. The van der Waals surface area contributed by atoms with Crippen molar-refractivity contribution in [1.82, 2.24) is 10.6 Å². The predicted molar refractivity (Wildman–Crippen MR) is 61.9 cm³/mol. The highest BCUT2D eigenvalue weighted by Crippen LogP contribution is 2.37. The van der Waals surface area contributed by atoms with Crippen molar-refractivity contribution < 1.29 is 9.90 Å². The van der Waals surface area contributed by atoms with E-state index in [1.807, 2.05) is 0 Å². The number of fused-ring (bicyclic) bond motifs is 1. The van der Waals surface area contributed by atoms with E-state index in [1.54, 1.807) is 13.8 Å². The highest BCUT2D eigenvalue weighted by atomic mass is 16.3. The van der Waals surface area contributed by atoms with Gasteiger partial charge in [0.05, 0.1) is 11.6 Å². The molecule has 1 aliphatic carbocycles. The van der Waals surface area contributed by atoms with Crippen LogP contribution >= 0.6 is 0 Å². The topological polar surface area (TPSA) is 61.4 Å². The van der Waals surface area contributed by atoms with E-state index in [0.29, 0.717) is 18.4 Å². The van der Waals surface area contributed by atoms with Crippen molar-refractivity contribution in [3.63, 3.8) is 0 Å². The molecule has 3 N–H and O–H groups in total. The molecule has 0 aromatic carbocycles. The van der Waals surface area contributed by atoms with E-state index in [4.69, 9.17) is 0 Å². The van der Waals surface area contributed by atoms with Crippen LogP contribution in [0.2, 0.25) is 0 Å². The van der Waals surface area contributed by atoms with Gasteiger partial charge in [-0.25, -0.2) is 0 Å².